The molecule has 0 aliphatic carbocycles. The van der Waals surface area contributed by atoms with Crippen LogP contribution in [0.3, 0.4) is 0 Å². The van der Waals surface area contributed by atoms with Crippen molar-refractivity contribution >= 4 is 33.9 Å². The van der Waals surface area contributed by atoms with Crippen LogP contribution < -0.4 is 0 Å². The predicted molar refractivity (Wildman–Crippen MR) is 62.8 cm³/mol. The molecule has 2 N–H and O–H groups in total. The molecular weight excluding hydrogens is 244 g/mol. The highest BCUT2D eigenvalue weighted by Gasteiger charge is 2.17. The quantitative estimate of drug-likeness (QED) is 0.634. The van der Waals surface area contributed by atoms with E-state index in [-0.39, 0.29) is 22.6 Å². The monoisotopic (exact) mass is 250 g/mol. The number of aldehydes is 1. The van der Waals surface area contributed by atoms with E-state index in [4.69, 9.17) is 11.6 Å². The zero-order valence-corrected chi connectivity index (χ0v) is 9.23. The molecule has 17 heavy (non-hydrogen) atoms. The Kier molecular flexibility index (Phi) is 2.73. The molecule has 2 aromatic rings. The van der Waals surface area contributed by atoms with E-state index in [1.807, 2.05) is 0 Å². The number of carbonyl (C=O) groups is 2. The lowest BCUT2D eigenvalue weighted by molar-refractivity contribution is 0.106. The molecule has 0 unspecified atom stereocenters. The van der Waals surface area contributed by atoms with E-state index in [1.165, 1.54) is 24.3 Å². The largest absolute Gasteiger partial charge is 0.508 e. The number of phenolic OH excluding ortho intramolecular Hbond substituents is 2. The second-order valence-corrected chi connectivity index (χ2v) is 3.82. The van der Waals surface area contributed by atoms with Crippen LogP contribution in [0.15, 0.2) is 24.3 Å². The van der Waals surface area contributed by atoms with Crippen molar-refractivity contribution in [3.8, 4) is 11.5 Å². The van der Waals surface area contributed by atoms with E-state index in [1.54, 1.807) is 0 Å². The first kappa shape index (κ1) is 11.4. The fourth-order valence-corrected chi connectivity index (χ4v) is 1.92. The van der Waals surface area contributed by atoms with Gasteiger partial charge in [-0.3, -0.25) is 9.59 Å². The van der Waals surface area contributed by atoms with Gasteiger partial charge >= 0.3 is 0 Å². The first-order valence-electron chi connectivity index (χ1n) is 4.68. The summed E-state index contributed by atoms with van der Waals surface area (Å²) in [5, 5.41) is 19.0. The fourth-order valence-electron chi connectivity index (χ4n) is 1.72. The third kappa shape index (κ3) is 1.83. The molecule has 0 spiro atoms. The van der Waals surface area contributed by atoms with Gasteiger partial charge in [-0.2, -0.15) is 0 Å². The van der Waals surface area contributed by atoms with Crippen LogP contribution in [-0.4, -0.2) is 21.7 Å². The van der Waals surface area contributed by atoms with Crippen molar-refractivity contribution in [3.63, 3.8) is 0 Å². The fraction of sp³-hybridized carbons (Fsp3) is 0. The van der Waals surface area contributed by atoms with E-state index in [9.17, 15) is 19.8 Å². The number of rotatable bonds is 2. The van der Waals surface area contributed by atoms with Crippen LogP contribution in [0.25, 0.3) is 10.8 Å². The Labute approximate surface area is 101 Å². The lowest BCUT2D eigenvalue weighted by Crippen LogP contribution is -1.98. The molecule has 0 bridgehead atoms. The van der Waals surface area contributed by atoms with Gasteiger partial charge in [0.15, 0.2) is 6.29 Å². The maximum atomic E-state index is 11.2. The summed E-state index contributed by atoms with van der Waals surface area (Å²) in [6, 6.07) is 5.59. The van der Waals surface area contributed by atoms with Gasteiger partial charge in [-0.05, 0) is 40.6 Å². The van der Waals surface area contributed by atoms with Gasteiger partial charge in [-0.1, -0.05) is 6.07 Å². The zero-order chi connectivity index (χ0) is 12.6. The van der Waals surface area contributed by atoms with E-state index in [0.717, 1.165) is 0 Å². The smallest absolute Gasteiger partial charge is 0.256 e. The Hall–Kier alpha value is -2.07. The average molecular weight is 251 g/mol. The van der Waals surface area contributed by atoms with Crippen molar-refractivity contribution in [2.24, 2.45) is 0 Å². The second kappa shape index (κ2) is 4.07. The van der Waals surface area contributed by atoms with Gasteiger partial charge in [0.2, 0.25) is 0 Å². The van der Waals surface area contributed by atoms with Crippen LogP contribution in [-0.2, 0) is 0 Å². The molecule has 2 aromatic carbocycles. The minimum Gasteiger partial charge on any atom is -0.508 e. The van der Waals surface area contributed by atoms with Gasteiger partial charge < -0.3 is 10.2 Å². The van der Waals surface area contributed by atoms with Gasteiger partial charge in [0.05, 0.1) is 5.56 Å². The molecule has 0 saturated carbocycles. The molecule has 4 nitrogen and oxygen atoms in total. The first-order chi connectivity index (χ1) is 8.04. The minimum atomic E-state index is -0.921. The molecule has 0 radical (unpaired) electrons. The molecule has 0 fully saturated rings. The van der Waals surface area contributed by atoms with Crippen LogP contribution in [0.2, 0.25) is 0 Å². The predicted octanol–water partition coefficient (Wildman–Crippen LogP) is 2.44. The number of benzene rings is 2. The first-order valence-corrected chi connectivity index (χ1v) is 5.06. The standard InChI is InChI=1S/C12H7ClO4/c13-12(17)11-9(5-14)8-4-7(15)2-1-6(8)3-10(11)16/h1-5,15-16H. The highest BCUT2D eigenvalue weighted by Crippen LogP contribution is 2.32. The van der Waals surface area contributed by atoms with Crippen molar-refractivity contribution in [1.82, 2.24) is 0 Å². The van der Waals surface area contributed by atoms with E-state index in [0.29, 0.717) is 17.1 Å². The third-order valence-corrected chi connectivity index (χ3v) is 2.65. The van der Waals surface area contributed by atoms with Crippen molar-refractivity contribution in [3.05, 3.63) is 35.4 Å². The maximum Gasteiger partial charge on any atom is 0.256 e. The summed E-state index contributed by atoms with van der Waals surface area (Å²) in [4.78, 5) is 22.2. The van der Waals surface area contributed by atoms with Crippen molar-refractivity contribution in [2.45, 2.75) is 0 Å². The zero-order valence-electron chi connectivity index (χ0n) is 8.48. The highest BCUT2D eigenvalue weighted by atomic mass is 35.5. The van der Waals surface area contributed by atoms with Gasteiger partial charge in [0.25, 0.3) is 5.24 Å². The molecule has 0 heterocycles. The Morgan fingerprint density at radius 2 is 1.94 bits per heavy atom. The maximum absolute atomic E-state index is 11.2. The van der Waals surface area contributed by atoms with Crippen LogP contribution in [0.1, 0.15) is 20.7 Å². The van der Waals surface area contributed by atoms with Gasteiger partial charge in [-0.25, -0.2) is 0 Å². The van der Waals surface area contributed by atoms with E-state index in [2.05, 4.69) is 0 Å². The number of phenols is 2. The molecule has 2 rings (SSSR count). The number of carbonyl (C=O) groups excluding carboxylic acids is 2. The molecule has 0 saturated heterocycles. The van der Waals surface area contributed by atoms with Gasteiger partial charge in [0.1, 0.15) is 11.5 Å². The van der Waals surface area contributed by atoms with Crippen LogP contribution in [0.4, 0.5) is 0 Å². The normalized spacial score (nSPS) is 10.4. The number of halogens is 1. The summed E-state index contributed by atoms with van der Waals surface area (Å²) >= 11 is 5.31. The number of hydrogen-bond acceptors (Lipinski definition) is 4. The van der Waals surface area contributed by atoms with Crippen LogP contribution >= 0.6 is 11.6 Å². The molecule has 5 heteroatoms. The summed E-state index contributed by atoms with van der Waals surface area (Å²) < 4.78 is 0. The second-order valence-electron chi connectivity index (χ2n) is 3.48. The Balaban J connectivity index is 2.97. The average Bonchev–Trinajstić information content (AvgIpc) is 2.27. The summed E-state index contributed by atoms with van der Waals surface area (Å²) in [5.74, 6) is -0.399. The van der Waals surface area contributed by atoms with Crippen molar-refractivity contribution in [2.75, 3.05) is 0 Å². The van der Waals surface area contributed by atoms with E-state index >= 15 is 0 Å². The Morgan fingerprint density at radius 1 is 1.24 bits per heavy atom. The van der Waals surface area contributed by atoms with Gasteiger partial charge in [-0.15, -0.1) is 0 Å². The lowest BCUT2D eigenvalue weighted by Gasteiger charge is -2.08. The summed E-state index contributed by atoms with van der Waals surface area (Å²) in [6.07, 6.45) is 0.428. The van der Waals surface area contributed by atoms with Crippen LogP contribution in [0, 0.1) is 0 Å². The Bertz CT molecular complexity index is 634. The highest BCUT2D eigenvalue weighted by molar-refractivity contribution is 6.68. The van der Waals surface area contributed by atoms with Gasteiger partial charge in [0, 0.05) is 5.56 Å². The molecule has 0 aromatic heterocycles. The van der Waals surface area contributed by atoms with Crippen LogP contribution in [0.5, 0.6) is 11.5 Å². The van der Waals surface area contributed by atoms with Crippen molar-refractivity contribution in [1.29, 1.82) is 0 Å². The SMILES string of the molecule is O=Cc1c(C(=O)Cl)c(O)cc2ccc(O)cc12. The number of aromatic hydroxyl groups is 2. The van der Waals surface area contributed by atoms with E-state index < -0.39 is 5.24 Å². The minimum absolute atomic E-state index is 0.0316. The topological polar surface area (TPSA) is 74.6 Å². The molecule has 0 aliphatic rings. The summed E-state index contributed by atoms with van der Waals surface area (Å²) in [6.45, 7) is 0. The number of fused-ring (bicyclic) bond motifs is 1. The molecule has 0 amide bonds. The lowest BCUT2D eigenvalue weighted by atomic mass is 9.99. The molecule has 0 aliphatic heterocycles. The number of hydrogen-bond donors (Lipinski definition) is 2. The molecular formula is C12H7ClO4. The van der Waals surface area contributed by atoms with Crippen molar-refractivity contribution < 1.29 is 19.8 Å². The Morgan fingerprint density at radius 3 is 2.53 bits per heavy atom. The summed E-state index contributed by atoms with van der Waals surface area (Å²) in [7, 11) is 0. The summed E-state index contributed by atoms with van der Waals surface area (Å²) in [5.41, 5.74) is -0.282. The third-order valence-electron chi connectivity index (χ3n) is 2.46. The molecule has 86 valence electrons. The molecule has 0 atom stereocenters.